The second-order valence-electron chi connectivity index (χ2n) is 5.79. The minimum atomic E-state index is -2.88. The Morgan fingerprint density at radius 3 is 2.70 bits per heavy atom. The number of nitrogens with one attached hydrogen (secondary N) is 1. The second-order valence-corrected chi connectivity index (χ2v) is 5.79. The van der Waals surface area contributed by atoms with Gasteiger partial charge >= 0.3 is 6.61 Å². The van der Waals surface area contributed by atoms with Crippen molar-refractivity contribution in [1.82, 2.24) is 14.9 Å². The van der Waals surface area contributed by atoms with Gasteiger partial charge in [0.25, 0.3) is 0 Å². The Hall–Kier alpha value is -2.93. The molecule has 0 radical (unpaired) electrons. The van der Waals surface area contributed by atoms with Gasteiger partial charge in [0.15, 0.2) is 11.5 Å². The van der Waals surface area contributed by atoms with E-state index in [1.807, 2.05) is 35.0 Å². The minimum Gasteiger partial charge on any atom is -0.490 e. The maximum atomic E-state index is 12.5. The molecule has 0 unspecified atom stereocenters. The molecule has 0 saturated heterocycles. The van der Waals surface area contributed by atoms with E-state index in [2.05, 4.69) is 15.0 Å². The third-order valence-electron chi connectivity index (χ3n) is 3.94. The summed E-state index contributed by atoms with van der Waals surface area (Å²) in [4.78, 5) is 4.09. The third kappa shape index (κ3) is 5.04. The van der Waals surface area contributed by atoms with E-state index in [-0.39, 0.29) is 5.75 Å². The molecule has 0 aliphatic rings. The fourth-order valence-corrected chi connectivity index (χ4v) is 2.78. The minimum absolute atomic E-state index is 0.0426. The number of aromatic nitrogens is 2. The Labute approximate surface area is 156 Å². The molecule has 7 heteroatoms. The maximum Gasteiger partial charge on any atom is 0.387 e. The molecule has 0 aliphatic heterocycles. The largest absolute Gasteiger partial charge is 0.490 e. The molecule has 0 saturated carbocycles. The van der Waals surface area contributed by atoms with E-state index >= 15 is 0 Å². The maximum absolute atomic E-state index is 12.5. The number of rotatable bonds is 9. The van der Waals surface area contributed by atoms with E-state index in [9.17, 15) is 8.78 Å². The van der Waals surface area contributed by atoms with E-state index in [0.29, 0.717) is 25.4 Å². The van der Waals surface area contributed by atoms with E-state index < -0.39 is 6.61 Å². The molecule has 1 heterocycles. The Balaban J connectivity index is 1.67. The zero-order valence-corrected chi connectivity index (χ0v) is 14.9. The van der Waals surface area contributed by atoms with Gasteiger partial charge in [0, 0.05) is 25.5 Å². The lowest BCUT2D eigenvalue weighted by atomic mass is 10.1. The molecule has 1 aromatic heterocycles. The van der Waals surface area contributed by atoms with Crippen LogP contribution >= 0.6 is 0 Å². The van der Waals surface area contributed by atoms with Gasteiger partial charge < -0.3 is 19.4 Å². The molecule has 27 heavy (non-hydrogen) atoms. The van der Waals surface area contributed by atoms with E-state index in [1.165, 1.54) is 6.07 Å². The first-order chi connectivity index (χ1) is 13.2. The highest BCUT2D eigenvalue weighted by Gasteiger charge is 2.11. The van der Waals surface area contributed by atoms with Crippen molar-refractivity contribution in [2.75, 3.05) is 6.61 Å². The molecule has 0 amide bonds. The van der Waals surface area contributed by atoms with E-state index in [4.69, 9.17) is 4.74 Å². The van der Waals surface area contributed by atoms with Crippen LogP contribution in [-0.4, -0.2) is 22.8 Å². The van der Waals surface area contributed by atoms with Gasteiger partial charge in [-0.3, -0.25) is 0 Å². The summed E-state index contributed by atoms with van der Waals surface area (Å²) in [5, 5.41) is 3.37. The first kappa shape index (κ1) is 18.8. The molecule has 2 aromatic carbocycles. The molecule has 0 spiro atoms. The van der Waals surface area contributed by atoms with Gasteiger partial charge in [-0.1, -0.05) is 24.3 Å². The van der Waals surface area contributed by atoms with Crippen LogP contribution in [0, 0.1) is 0 Å². The number of halogens is 2. The van der Waals surface area contributed by atoms with Crippen molar-refractivity contribution >= 4 is 0 Å². The number of alkyl halides is 2. The highest BCUT2D eigenvalue weighted by atomic mass is 19.3. The first-order valence-electron chi connectivity index (χ1n) is 8.65. The van der Waals surface area contributed by atoms with Gasteiger partial charge in [0.05, 0.1) is 18.6 Å². The highest BCUT2D eigenvalue weighted by Crippen LogP contribution is 2.30. The fraction of sp³-hybridized carbons (Fsp3) is 0.250. The summed E-state index contributed by atoms with van der Waals surface area (Å²) in [6.07, 6.45) is 5.40. The van der Waals surface area contributed by atoms with Crippen LogP contribution < -0.4 is 14.8 Å². The summed E-state index contributed by atoms with van der Waals surface area (Å²) in [6.45, 7) is 0.493. The van der Waals surface area contributed by atoms with Gasteiger partial charge in [-0.2, -0.15) is 8.78 Å². The standard InChI is InChI=1S/C20H21F2N3O2/c1-2-26-19-11-15(7-8-18(19)27-20(21)22)12-24-13-16-5-3-4-6-17(16)25-10-9-23-14-25/h3-11,14,20,24H,2,12-13H2,1H3. The topological polar surface area (TPSA) is 48.3 Å². The number of hydrogen-bond acceptors (Lipinski definition) is 4. The molecule has 5 nitrogen and oxygen atoms in total. The summed E-state index contributed by atoms with van der Waals surface area (Å²) in [6, 6.07) is 13.0. The summed E-state index contributed by atoms with van der Waals surface area (Å²) in [7, 11) is 0. The van der Waals surface area contributed by atoms with Gasteiger partial charge in [-0.25, -0.2) is 4.98 Å². The number of para-hydroxylation sites is 1. The monoisotopic (exact) mass is 373 g/mol. The predicted molar refractivity (Wildman–Crippen MR) is 98.4 cm³/mol. The van der Waals surface area contributed by atoms with Crippen molar-refractivity contribution in [3.63, 3.8) is 0 Å². The second kappa shape index (κ2) is 9.14. The normalized spacial score (nSPS) is 11.0. The van der Waals surface area contributed by atoms with E-state index in [1.54, 1.807) is 31.6 Å². The van der Waals surface area contributed by atoms with Crippen LogP contribution in [0.3, 0.4) is 0 Å². The molecular formula is C20H21F2N3O2. The molecule has 0 aliphatic carbocycles. The molecule has 0 bridgehead atoms. The quantitative estimate of drug-likeness (QED) is 0.612. The van der Waals surface area contributed by atoms with Crippen molar-refractivity contribution in [2.45, 2.75) is 26.6 Å². The zero-order valence-electron chi connectivity index (χ0n) is 14.9. The number of hydrogen-bond donors (Lipinski definition) is 1. The van der Waals surface area contributed by atoms with Crippen LogP contribution in [0.25, 0.3) is 5.69 Å². The SMILES string of the molecule is CCOc1cc(CNCc2ccccc2-n2ccnc2)ccc1OC(F)F. The Bertz CT molecular complexity index is 854. The lowest BCUT2D eigenvalue weighted by Gasteiger charge is -2.14. The van der Waals surface area contributed by atoms with Crippen molar-refractivity contribution in [3.8, 4) is 17.2 Å². The molecule has 3 aromatic rings. The lowest BCUT2D eigenvalue weighted by molar-refractivity contribution is -0.0514. The van der Waals surface area contributed by atoms with Crippen LogP contribution in [0.2, 0.25) is 0 Å². The smallest absolute Gasteiger partial charge is 0.387 e. The highest BCUT2D eigenvalue weighted by molar-refractivity contribution is 5.43. The number of benzene rings is 2. The van der Waals surface area contributed by atoms with Crippen molar-refractivity contribution in [3.05, 3.63) is 72.3 Å². The average Bonchev–Trinajstić information content (AvgIpc) is 3.18. The average molecular weight is 373 g/mol. The summed E-state index contributed by atoms with van der Waals surface area (Å²) in [5.41, 5.74) is 3.09. The van der Waals surface area contributed by atoms with Crippen molar-refractivity contribution in [2.24, 2.45) is 0 Å². The Morgan fingerprint density at radius 1 is 1.11 bits per heavy atom. The predicted octanol–water partition coefficient (Wildman–Crippen LogP) is 4.16. The van der Waals surface area contributed by atoms with Gasteiger partial charge in [0.2, 0.25) is 0 Å². The number of imidazole rings is 1. The van der Waals surface area contributed by atoms with Gasteiger partial charge in [0.1, 0.15) is 0 Å². The molecule has 0 atom stereocenters. The molecule has 0 fully saturated rings. The Morgan fingerprint density at radius 2 is 1.96 bits per heavy atom. The molecular weight excluding hydrogens is 352 g/mol. The van der Waals surface area contributed by atoms with Gasteiger partial charge in [-0.15, -0.1) is 0 Å². The molecule has 142 valence electrons. The van der Waals surface area contributed by atoms with Crippen LogP contribution in [0.1, 0.15) is 18.1 Å². The fourth-order valence-electron chi connectivity index (χ4n) is 2.78. The van der Waals surface area contributed by atoms with Crippen LogP contribution in [0.4, 0.5) is 8.78 Å². The third-order valence-corrected chi connectivity index (χ3v) is 3.94. The summed E-state index contributed by atoms with van der Waals surface area (Å²) >= 11 is 0. The van der Waals surface area contributed by atoms with Crippen LogP contribution in [0.5, 0.6) is 11.5 Å². The number of ether oxygens (including phenoxy) is 2. The van der Waals surface area contributed by atoms with Crippen LogP contribution in [0.15, 0.2) is 61.2 Å². The summed E-state index contributed by atoms with van der Waals surface area (Å²) < 4.78 is 36.8. The zero-order chi connectivity index (χ0) is 19.1. The summed E-state index contributed by atoms with van der Waals surface area (Å²) in [5.74, 6) is 0.358. The van der Waals surface area contributed by atoms with Crippen molar-refractivity contribution in [1.29, 1.82) is 0 Å². The van der Waals surface area contributed by atoms with Gasteiger partial charge in [-0.05, 0) is 36.2 Å². The molecule has 1 N–H and O–H groups in total. The lowest BCUT2D eigenvalue weighted by Crippen LogP contribution is -2.14. The molecule has 3 rings (SSSR count). The van der Waals surface area contributed by atoms with Crippen molar-refractivity contribution < 1.29 is 18.3 Å². The first-order valence-corrected chi connectivity index (χ1v) is 8.65. The Kier molecular flexibility index (Phi) is 6.38. The van der Waals surface area contributed by atoms with E-state index in [0.717, 1.165) is 16.8 Å². The van der Waals surface area contributed by atoms with Crippen LogP contribution in [-0.2, 0) is 13.1 Å². The number of nitrogens with zero attached hydrogens (tertiary/aromatic N) is 2.